The van der Waals surface area contributed by atoms with Gasteiger partial charge < -0.3 is 29.2 Å². The third-order valence-electron chi connectivity index (χ3n) is 4.14. The lowest BCUT2D eigenvalue weighted by Gasteiger charge is -2.21. The number of benzene rings is 2. The van der Waals surface area contributed by atoms with Crippen molar-refractivity contribution in [2.45, 2.75) is 6.10 Å². The van der Waals surface area contributed by atoms with Crippen molar-refractivity contribution in [3.8, 4) is 22.6 Å². The molecule has 1 unspecified atom stereocenters. The highest BCUT2D eigenvalue weighted by molar-refractivity contribution is 5.72. The SMILES string of the molecule is Oc1cc(C2COCCOCCOCCO2)c(O)cc1-c1ccccc1. The lowest BCUT2D eigenvalue weighted by Crippen LogP contribution is -2.19. The molecule has 2 N–H and O–H groups in total. The molecular weight excluding hydrogens is 336 g/mol. The summed E-state index contributed by atoms with van der Waals surface area (Å²) in [7, 11) is 0. The summed E-state index contributed by atoms with van der Waals surface area (Å²) in [6.45, 7) is 2.97. The molecule has 3 rings (SSSR count). The van der Waals surface area contributed by atoms with Crippen LogP contribution in [0.5, 0.6) is 11.5 Å². The van der Waals surface area contributed by atoms with Crippen LogP contribution in [0.15, 0.2) is 42.5 Å². The van der Waals surface area contributed by atoms with E-state index in [1.807, 2.05) is 30.3 Å². The number of hydrogen-bond acceptors (Lipinski definition) is 6. The standard InChI is InChI=1S/C20H24O6/c21-18-13-17(19(22)12-16(18)15-4-2-1-3-5-15)20-14-25-9-8-23-6-7-24-10-11-26-20/h1-5,12-13,20-22H,6-11,14H2. The average molecular weight is 360 g/mol. The van der Waals surface area contributed by atoms with Gasteiger partial charge in [-0.05, 0) is 17.7 Å². The van der Waals surface area contributed by atoms with Crippen LogP contribution in [0.25, 0.3) is 11.1 Å². The van der Waals surface area contributed by atoms with Crippen molar-refractivity contribution in [3.05, 3.63) is 48.0 Å². The Hall–Kier alpha value is -2.12. The van der Waals surface area contributed by atoms with Crippen LogP contribution in [-0.2, 0) is 18.9 Å². The summed E-state index contributed by atoms with van der Waals surface area (Å²) >= 11 is 0. The summed E-state index contributed by atoms with van der Waals surface area (Å²) in [4.78, 5) is 0. The molecule has 0 bridgehead atoms. The van der Waals surface area contributed by atoms with Crippen LogP contribution in [0, 0.1) is 0 Å². The molecular formula is C20H24O6. The first-order valence-electron chi connectivity index (χ1n) is 8.72. The molecule has 0 amide bonds. The summed E-state index contributed by atoms with van der Waals surface area (Å²) in [5, 5.41) is 21.0. The Bertz CT molecular complexity index is 676. The molecule has 1 aliphatic rings. The van der Waals surface area contributed by atoms with E-state index in [0.29, 0.717) is 50.8 Å². The number of rotatable bonds is 2. The van der Waals surface area contributed by atoms with Gasteiger partial charge in [-0.15, -0.1) is 0 Å². The lowest BCUT2D eigenvalue weighted by atomic mass is 9.99. The Balaban J connectivity index is 1.80. The topological polar surface area (TPSA) is 77.4 Å². The van der Waals surface area contributed by atoms with Gasteiger partial charge in [-0.25, -0.2) is 0 Å². The van der Waals surface area contributed by atoms with Gasteiger partial charge in [0.2, 0.25) is 0 Å². The van der Waals surface area contributed by atoms with Gasteiger partial charge in [0, 0.05) is 11.1 Å². The first kappa shape index (κ1) is 18.7. The molecule has 1 fully saturated rings. The predicted molar refractivity (Wildman–Crippen MR) is 96.4 cm³/mol. The maximum absolute atomic E-state index is 10.5. The van der Waals surface area contributed by atoms with Crippen LogP contribution in [0.4, 0.5) is 0 Å². The fraction of sp³-hybridized carbons (Fsp3) is 0.400. The van der Waals surface area contributed by atoms with Crippen LogP contribution < -0.4 is 0 Å². The molecule has 2 aromatic rings. The highest BCUT2D eigenvalue weighted by atomic mass is 16.6. The molecule has 6 nitrogen and oxygen atoms in total. The zero-order valence-corrected chi connectivity index (χ0v) is 14.6. The van der Waals surface area contributed by atoms with Gasteiger partial charge in [0.05, 0.1) is 46.2 Å². The largest absolute Gasteiger partial charge is 0.508 e. The van der Waals surface area contributed by atoms with E-state index in [9.17, 15) is 10.2 Å². The highest BCUT2D eigenvalue weighted by Crippen LogP contribution is 2.38. The van der Waals surface area contributed by atoms with Crippen molar-refractivity contribution in [3.63, 3.8) is 0 Å². The summed E-state index contributed by atoms with van der Waals surface area (Å²) in [6, 6.07) is 12.5. The number of ether oxygens (including phenoxy) is 4. The maximum atomic E-state index is 10.5. The van der Waals surface area contributed by atoms with Gasteiger partial charge in [0.15, 0.2) is 0 Å². The van der Waals surface area contributed by atoms with Crippen molar-refractivity contribution in [1.82, 2.24) is 0 Å². The van der Waals surface area contributed by atoms with Crippen molar-refractivity contribution in [2.75, 3.05) is 46.2 Å². The van der Waals surface area contributed by atoms with E-state index in [-0.39, 0.29) is 18.1 Å². The first-order chi connectivity index (χ1) is 12.8. The minimum Gasteiger partial charge on any atom is -0.508 e. The van der Waals surface area contributed by atoms with E-state index in [2.05, 4.69) is 0 Å². The molecule has 0 aromatic heterocycles. The number of phenolic OH excluding ortho intramolecular Hbond substituents is 2. The zero-order chi connectivity index (χ0) is 18.2. The van der Waals surface area contributed by atoms with Crippen LogP contribution >= 0.6 is 0 Å². The van der Waals surface area contributed by atoms with Crippen molar-refractivity contribution >= 4 is 0 Å². The lowest BCUT2D eigenvalue weighted by molar-refractivity contribution is -0.0684. The maximum Gasteiger partial charge on any atom is 0.124 e. The molecule has 0 saturated carbocycles. The molecule has 1 atom stereocenters. The van der Waals surface area contributed by atoms with Gasteiger partial charge in [0.1, 0.15) is 17.6 Å². The Morgan fingerprint density at radius 2 is 1.38 bits per heavy atom. The van der Waals surface area contributed by atoms with E-state index in [1.54, 1.807) is 6.07 Å². The second-order valence-corrected chi connectivity index (χ2v) is 5.95. The van der Waals surface area contributed by atoms with E-state index in [1.165, 1.54) is 6.07 Å². The second-order valence-electron chi connectivity index (χ2n) is 5.95. The Morgan fingerprint density at radius 3 is 2.12 bits per heavy atom. The molecule has 1 saturated heterocycles. The Labute approximate surface area is 152 Å². The molecule has 26 heavy (non-hydrogen) atoms. The van der Waals surface area contributed by atoms with Crippen LogP contribution in [-0.4, -0.2) is 56.5 Å². The quantitative estimate of drug-likeness (QED) is 0.802. The van der Waals surface area contributed by atoms with Crippen molar-refractivity contribution in [2.24, 2.45) is 0 Å². The van der Waals surface area contributed by atoms with Gasteiger partial charge in [0.25, 0.3) is 0 Å². The minimum absolute atomic E-state index is 0.0551. The number of aromatic hydroxyl groups is 2. The fourth-order valence-corrected chi connectivity index (χ4v) is 2.81. The molecule has 0 radical (unpaired) electrons. The smallest absolute Gasteiger partial charge is 0.124 e. The highest BCUT2D eigenvalue weighted by Gasteiger charge is 2.20. The summed E-state index contributed by atoms with van der Waals surface area (Å²) in [5.41, 5.74) is 1.88. The van der Waals surface area contributed by atoms with Crippen molar-refractivity contribution < 1.29 is 29.2 Å². The van der Waals surface area contributed by atoms with Gasteiger partial charge >= 0.3 is 0 Å². The minimum atomic E-state index is -0.506. The first-order valence-corrected chi connectivity index (χ1v) is 8.72. The summed E-state index contributed by atoms with van der Waals surface area (Å²) in [5.74, 6) is 0.137. The fourth-order valence-electron chi connectivity index (χ4n) is 2.81. The Kier molecular flexibility index (Phi) is 6.85. The second kappa shape index (κ2) is 9.54. The van der Waals surface area contributed by atoms with Crippen LogP contribution in [0.2, 0.25) is 0 Å². The Morgan fingerprint density at radius 1 is 0.731 bits per heavy atom. The van der Waals surface area contributed by atoms with Crippen LogP contribution in [0.3, 0.4) is 0 Å². The summed E-state index contributed by atoms with van der Waals surface area (Å²) in [6.07, 6.45) is -0.506. The third-order valence-corrected chi connectivity index (χ3v) is 4.14. The summed E-state index contributed by atoms with van der Waals surface area (Å²) < 4.78 is 22.2. The van der Waals surface area contributed by atoms with Crippen molar-refractivity contribution in [1.29, 1.82) is 0 Å². The monoisotopic (exact) mass is 360 g/mol. The molecule has 140 valence electrons. The van der Waals surface area contributed by atoms with E-state index in [0.717, 1.165) is 5.56 Å². The third kappa shape index (κ3) is 4.95. The number of hydrogen-bond donors (Lipinski definition) is 2. The molecule has 2 aromatic carbocycles. The van der Waals surface area contributed by atoms with Gasteiger partial charge in [-0.1, -0.05) is 30.3 Å². The van der Waals surface area contributed by atoms with E-state index in [4.69, 9.17) is 18.9 Å². The predicted octanol–water partition coefficient (Wildman–Crippen LogP) is 2.89. The molecule has 1 heterocycles. The zero-order valence-electron chi connectivity index (χ0n) is 14.6. The molecule has 0 aliphatic carbocycles. The van der Waals surface area contributed by atoms with Gasteiger partial charge in [-0.3, -0.25) is 0 Å². The molecule has 1 aliphatic heterocycles. The van der Waals surface area contributed by atoms with E-state index < -0.39 is 6.10 Å². The van der Waals surface area contributed by atoms with E-state index >= 15 is 0 Å². The molecule has 0 spiro atoms. The normalized spacial score (nSPS) is 20.1. The van der Waals surface area contributed by atoms with Crippen LogP contribution in [0.1, 0.15) is 11.7 Å². The van der Waals surface area contributed by atoms with Gasteiger partial charge in [-0.2, -0.15) is 0 Å². The molecule has 6 heteroatoms. The number of phenols is 2. The average Bonchev–Trinajstić information content (AvgIpc) is 2.65.